The van der Waals surface area contributed by atoms with Gasteiger partial charge in [0.1, 0.15) is 17.4 Å². The molecular weight excluding hydrogens is 625 g/mol. The zero-order valence-electron chi connectivity index (χ0n) is 27.9. The monoisotopic (exact) mass is 672 g/mol. The average molecular weight is 673 g/mol. The molecule has 1 atom stereocenters. The van der Waals surface area contributed by atoms with Crippen LogP contribution in [0.25, 0.3) is 5.70 Å². The highest BCUT2D eigenvalue weighted by atomic mass is 19.4. The summed E-state index contributed by atoms with van der Waals surface area (Å²) in [5.74, 6) is 0.120. The number of carbonyl (C=O) groups is 1. The Morgan fingerprint density at radius 1 is 1.19 bits per heavy atom. The molecule has 3 aliphatic rings. The first-order valence-electron chi connectivity index (χ1n) is 15.4. The predicted octanol–water partition coefficient (Wildman–Crippen LogP) is 3.76. The number of aliphatic hydroxyl groups is 1. The van der Waals surface area contributed by atoms with Crippen molar-refractivity contribution in [2.24, 2.45) is 22.4 Å². The van der Waals surface area contributed by atoms with Crippen molar-refractivity contribution in [3.63, 3.8) is 0 Å². The van der Waals surface area contributed by atoms with Crippen LogP contribution in [0.4, 0.5) is 19.0 Å². The Morgan fingerprint density at radius 3 is 2.31 bits per heavy atom. The van der Waals surface area contributed by atoms with Crippen LogP contribution in [0.3, 0.4) is 0 Å². The Bertz CT molecular complexity index is 1440. The Labute approximate surface area is 280 Å². The van der Waals surface area contributed by atoms with Crippen LogP contribution in [-0.4, -0.2) is 79.3 Å². The number of nitrogens with zero attached hydrogens (tertiary/aromatic N) is 3. The van der Waals surface area contributed by atoms with Gasteiger partial charge in [-0.3, -0.25) is 4.79 Å². The number of allylic oxidation sites excluding steroid dienone is 1. The molecule has 1 amide bonds. The lowest BCUT2D eigenvalue weighted by Gasteiger charge is -2.37. The number of hydrogen-bond acceptors (Lipinski definition) is 10. The fraction of sp³-hybridized carbons (Fsp3) is 0.441. The lowest BCUT2D eigenvalue weighted by molar-refractivity contribution is -0.137. The molecule has 11 nitrogen and oxygen atoms in total. The van der Waals surface area contributed by atoms with E-state index in [1.165, 1.54) is 0 Å². The molecule has 8 N–H and O–H groups in total. The van der Waals surface area contributed by atoms with Gasteiger partial charge in [0, 0.05) is 44.4 Å². The van der Waals surface area contributed by atoms with E-state index in [9.17, 15) is 18.0 Å². The number of aliphatic imine (C=N–C) groups is 1. The van der Waals surface area contributed by atoms with Gasteiger partial charge in [0.25, 0.3) is 5.91 Å². The molecule has 2 fully saturated rings. The number of ether oxygens (including phenoxy) is 1. The number of halogens is 3. The van der Waals surface area contributed by atoms with Gasteiger partial charge in [-0.2, -0.15) is 13.2 Å². The summed E-state index contributed by atoms with van der Waals surface area (Å²) >= 11 is 0. The summed E-state index contributed by atoms with van der Waals surface area (Å²) in [6.45, 7) is 8.30. The second kappa shape index (κ2) is 18.8. The molecule has 1 aromatic heterocycles. The van der Waals surface area contributed by atoms with Gasteiger partial charge in [-0.1, -0.05) is 19.1 Å². The van der Waals surface area contributed by atoms with Gasteiger partial charge in [-0.15, -0.1) is 12.8 Å². The van der Waals surface area contributed by atoms with Gasteiger partial charge in [0.2, 0.25) is 0 Å². The number of rotatable bonds is 7. The molecule has 0 spiro atoms. The van der Waals surface area contributed by atoms with E-state index in [0.717, 1.165) is 100 Å². The lowest BCUT2D eigenvalue weighted by Crippen LogP contribution is -2.54. The average Bonchev–Trinajstić information content (AvgIpc) is 3.08. The van der Waals surface area contributed by atoms with Crippen molar-refractivity contribution in [1.82, 2.24) is 20.5 Å². The summed E-state index contributed by atoms with van der Waals surface area (Å²) in [4.78, 5) is 23.2. The van der Waals surface area contributed by atoms with Crippen LogP contribution in [0, 0.1) is 18.8 Å². The SMILES string of the molecule is C#C.CC1(N)COC1.CCC1=CN=C(N)/C(=C(/NC)c2ccc(C(=O)Nc3cc(C(F)(F)F)ccn3)cc2)N1C[C@@H]1CCCNC1.CO. The molecule has 0 aliphatic carbocycles. The van der Waals surface area contributed by atoms with Crippen molar-refractivity contribution < 1.29 is 27.8 Å². The highest BCUT2D eigenvalue weighted by molar-refractivity contribution is 6.05. The Kier molecular flexibility index (Phi) is 15.6. The smallest absolute Gasteiger partial charge is 0.400 e. The van der Waals surface area contributed by atoms with Gasteiger partial charge in [0.15, 0.2) is 0 Å². The summed E-state index contributed by atoms with van der Waals surface area (Å²) in [5, 5.41) is 16.2. The molecule has 0 saturated carbocycles. The molecule has 3 aliphatic heterocycles. The van der Waals surface area contributed by atoms with E-state index >= 15 is 0 Å². The van der Waals surface area contributed by atoms with E-state index in [-0.39, 0.29) is 16.9 Å². The summed E-state index contributed by atoms with van der Waals surface area (Å²) < 4.78 is 43.8. The van der Waals surface area contributed by atoms with Crippen molar-refractivity contribution in [2.75, 3.05) is 52.3 Å². The number of nitrogens with one attached hydrogen (secondary N) is 3. The first kappa shape index (κ1) is 39.8. The number of aromatic nitrogens is 1. The van der Waals surface area contributed by atoms with Crippen molar-refractivity contribution in [2.45, 2.75) is 44.8 Å². The predicted molar refractivity (Wildman–Crippen MR) is 183 cm³/mol. The van der Waals surface area contributed by atoms with E-state index in [0.29, 0.717) is 11.8 Å². The second-order valence-corrected chi connectivity index (χ2v) is 11.4. The van der Waals surface area contributed by atoms with Gasteiger partial charge in [-0.25, -0.2) is 9.98 Å². The van der Waals surface area contributed by atoms with Gasteiger partial charge >= 0.3 is 6.18 Å². The third-order valence-electron chi connectivity index (χ3n) is 7.53. The number of nitrogens with two attached hydrogens (primary N) is 2. The first-order valence-corrected chi connectivity index (χ1v) is 15.4. The van der Waals surface area contributed by atoms with Crippen LogP contribution < -0.4 is 27.4 Å². The summed E-state index contributed by atoms with van der Waals surface area (Å²) in [5.41, 5.74) is 14.7. The molecule has 0 radical (unpaired) electrons. The van der Waals surface area contributed by atoms with E-state index in [1.807, 2.05) is 13.1 Å². The van der Waals surface area contributed by atoms with E-state index in [4.69, 9.17) is 21.3 Å². The van der Waals surface area contributed by atoms with Crippen LogP contribution >= 0.6 is 0 Å². The number of amides is 1. The molecule has 5 rings (SSSR count). The first-order chi connectivity index (χ1) is 22.9. The maximum atomic E-state index is 13.0. The number of alkyl halides is 3. The fourth-order valence-corrected chi connectivity index (χ4v) is 5.12. The number of benzene rings is 1. The number of aliphatic hydroxyl groups excluding tert-OH is 1. The van der Waals surface area contributed by atoms with Crippen LogP contribution in [0.5, 0.6) is 0 Å². The highest BCUT2D eigenvalue weighted by Gasteiger charge is 2.31. The zero-order chi connectivity index (χ0) is 35.9. The van der Waals surface area contributed by atoms with Crippen molar-refractivity contribution >= 4 is 23.3 Å². The van der Waals surface area contributed by atoms with Crippen molar-refractivity contribution in [3.05, 3.63) is 76.9 Å². The molecule has 2 aromatic rings. The maximum Gasteiger partial charge on any atom is 0.416 e. The molecule has 48 heavy (non-hydrogen) atoms. The maximum absolute atomic E-state index is 13.0. The molecule has 262 valence electrons. The molecular formula is C34H47F3N8O3. The largest absolute Gasteiger partial charge is 0.416 e. The zero-order valence-corrected chi connectivity index (χ0v) is 27.9. The molecule has 14 heteroatoms. The number of carbonyl (C=O) groups excluding carboxylic acids is 1. The summed E-state index contributed by atoms with van der Waals surface area (Å²) in [7, 11) is 2.81. The topological polar surface area (TPSA) is 163 Å². The quantitative estimate of drug-likeness (QED) is 0.241. The normalized spacial score (nSPS) is 19.1. The minimum absolute atomic E-state index is 0. The van der Waals surface area contributed by atoms with Gasteiger partial charge in [0.05, 0.1) is 30.0 Å². The minimum atomic E-state index is -4.53. The minimum Gasteiger partial charge on any atom is -0.400 e. The number of piperidine rings is 1. The van der Waals surface area contributed by atoms with E-state index in [1.54, 1.807) is 31.3 Å². The van der Waals surface area contributed by atoms with Crippen LogP contribution in [-0.2, 0) is 10.9 Å². The number of pyridine rings is 1. The number of amidine groups is 1. The molecule has 2 saturated heterocycles. The molecule has 0 bridgehead atoms. The van der Waals surface area contributed by atoms with E-state index < -0.39 is 17.6 Å². The van der Waals surface area contributed by atoms with Gasteiger partial charge in [-0.05, 0) is 75.0 Å². The molecule has 0 unspecified atom stereocenters. The van der Waals surface area contributed by atoms with Gasteiger partial charge < -0.3 is 42.2 Å². The highest BCUT2D eigenvalue weighted by Crippen LogP contribution is 2.31. The van der Waals surface area contributed by atoms with Crippen LogP contribution in [0.2, 0.25) is 0 Å². The molecule has 1 aromatic carbocycles. The standard InChI is InChI=1S/C27H32F3N7O.C4H9NO.C2H2.CH4O/c1-3-21-15-35-25(31)24(37(21)16-17-5-4-11-33-14-17)23(32-2)18-6-8-19(9-7-18)26(38)36-22-13-20(10-12-34-22)27(28,29)30;1-4(5)2-6-3-4;2*1-2/h6-10,12-13,15,17,32-33H,3-5,11,14,16H2,1-2H3,(H2,31,35)(H,34,36,38);2-3,5H2,1H3;1-2H;2H,1H3/b24-23-;;;/t17-;;;/m1.../s1. The third kappa shape index (κ3) is 11.1. The number of terminal acetylenes is 1. The van der Waals surface area contributed by atoms with E-state index in [2.05, 4.69) is 50.6 Å². The number of anilines is 1. The summed E-state index contributed by atoms with van der Waals surface area (Å²) in [6.07, 6.45) is 9.35. The Balaban J connectivity index is 0.000000700. The van der Waals surface area contributed by atoms with Crippen LogP contribution in [0.15, 0.2) is 65.2 Å². The fourth-order valence-electron chi connectivity index (χ4n) is 5.12. The van der Waals surface area contributed by atoms with Crippen LogP contribution in [0.1, 0.15) is 54.6 Å². The number of hydrogen-bond donors (Lipinski definition) is 6. The third-order valence-corrected chi connectivity index (χ3v) is 7.53. The van der Waals surface area contributed by atoms with Crippen molar-refractivity contribution in [3.8, 4) is 12.8 Å². The van der Waals surface area contributed by atoms with Crippen molar-refractivity contribution in [1.29, 1.82) is 0 Å². The second-order valence-electron chi connectivity index (χ2n) is 11.4. The Hall–Kier alpha value is -4.42. The summed E-state index contributed by atoms with van der Waals surface area (Å²) in [6, 6.07) is 8.41. The Morgan fingerprint density at radius 2 is 1.81 bits per heavy atom. The lowest BCUT2D eigenvalue weighted by atomic mass is 9.97. The molecule has 4 heterocycles.